The van der Waals surface area contributed by atoms with Crippen LogP contribution in [-0.4, -0.2) is 64.5 Å². The molecular formula is C28H31N4O2Si. The molecule has 6 nitrogen and oxygen atoms in total. The fourth-order valence-electron chi connectivity index (χ4n) is 5.12. The van der Waals surface area contributed by atoms with Gasteiger partial charge in [-0.2, -0.15) is 0 Å². The Labute approximate surface area is 210 Å². The SMILES string of the molecule is Cc1ccc(OC[C@]2([Si])CCN2C)cc1C(=O)NC1(c2cc(N3CCC3)cc3ncccc23)CC1. The Morgan fingerprint density at radius 3 is 2.63 bits per heavy atom. The minimum absolute atomic E-state index is 0.0503. The van der Waals surface area contributed by atoms with Crippen molar-refractivity contribution in [2.75, 3.05) is 38.2 Å². The molecule has 1 N–H and O–H groups in total. The van der Waals surface area contributed by atoms with Gasteiger partial charge in [-0.05, 0) is 87.7 Å². The lowest BCUT2D eigenvalue weighted by Gasteiger charge is -2.48. The maximum Gasteiger partial charge on any atom is 0.252 e. The molecule has 2 aromatic carbocycles. The average Bonchev–Trinajstić information content (AvgIpc) is 3.61. The zero-order chi connectivity index (χ0) is 24.2. The lowest BCUT2D eigenvalue weighted by Crippen LogP contribution is -2.61. The Morgan fingerprint density at radius 1 is 1.14 bits per heavy atom. The van der Waals surface area contributed by atoms with Crippen LogP contribution >= 0.6 is 0 Å². The number of benzene rings is 2. The summed E-state index contributed by atoms with van der Waals surface area (Å²) in [5.74, 6) is 0.670. The van der Waals surface area contributed by atoms with E-state index in [2.05, 4.69) is 55.6 Å². The molecule has 179 valence electrons. The number of anilines is 1. The van der Waals surface area contributed by atoms with Crippen molar-refractivity contribution in [3.63, 3.8) is 0 Å². The Kier molecular flexibility index (Phi) is 5.38. The fourth-order valence-corrected chi connectivity index (χ4v) is 5.41. The van der Waals surface area contributed by atoms with Crippen LogP contribution in [0.5, 0.6) is 5.75 Å². The first kappa shape index (κ1) is 22.6. The predicted octanol–water partition coefficient (Wildman–Crippen LogP) is 3.75. The highest BCUT2D eigenvalue weighted by Crippen LogP contribution is 2.49. The van der Waals surface area contributed by atoms with Gasteiger partial charge in [-0.15, -0.1) is 0 Å². The molecule has 3 aromatic rings. The number of aromatic nitrogens is 1. The third kappa shape index (κ3) is 4.00. The van der Waals surface area contributed by atoms with Crippen LogP contribution in [0.15, 0.2) is 48.7 Å². The number of nitrogens with zero attached hydrogens (tertiary/aromatic N) is 3. The minimum Gasteiger partial charge on any atom is -0.492 e. The van der Waals surface area contributed by atoms with Crippen LogP contribution in [0.3, 0.4) is 0 Å². The van der Waals surface area contributed by atoms with Gasteiger partial charge in [0.25, 0.3) is 5.91 Å². The van der Waals surface area contributed by atoms with Crippen molar-refractivity contribution in [3.05, 3.63) is 65.4 Å². The zero-order valence-corrected chi connectivity index (χ0v) is 21.4. The summed E-state index contributed by atoms with van der Waals surface area (Å²) in [6.45, 7) is 5.73. The number of fused-ring (bicyclic) bond motifs is 1. The lowest BCUT2D eigenvalue weighted by atomic mass is 9.96. The van der Waals surface area contributed by atoms with E-state index in [9.17, 15) is 4.79 Å². The van der Waals surface area contributed by atoms with Gasteiger partial charge in [0, 0.05) is 41.1 Å². The molecule has 7 heteroatoms. The van der Waals surface area contributed by atoms with Gasteiger partial charge in [0.1, 0.15) is 12.4 Å². The maximum atomic E-state index is 13.6. The second-order valence-electron chi connectivity index (χ2n) is 10.4. The molecule has 6 rings (SSSR count). The summed E-state index contributed by atoms with van der Waals surface area (Å²) >= 11 is 0. The number of nitrogens with one attached hydrogen (secondary N) is 1. The molecule has 1 amide bonds. The van der Waals surface area contributed by atoms with E-state index >= 15 is 0 Å². The molecule has 0 spiro atoms. The third-order valence-electron chi connectivity index (χ3n) is 8.07. The van der Waals surface area contributed by atoms with Crippen molar-refractivity contribution in [2.45, 2.75) is 43.3 Å². The second kappa shape index (κ2) is 8.35. The van der Waals surface area contributed by atoms with Crippen molar-refractivity contribution in [1.82, 2.24) is 15.2 Å². The fraction of sp³-hybridized carbons (Fsp3) is 0.429. The first-order chi connectivity index (χ1) is 16.9. The first-order valence-corrected chi connectivity index (χ1v) is 13.0. The predicted molar refractivity (Wildman–Crippen MR) is 139 cm³/mol. The van der Waals surface area contributed by atoms with Gasteiger partial charge in [-0.3, -0.25) is 9.78 Å². The summed E-state index contributed by atoms with van der Waals surface area (Å²) in [7, 11) is 5.92. The zero-order valence-electron chi connectivity index (χ0n) is 20.4. The summed E-state index contributed by atoms with van der Waals surface area (Å²) in [5, 5.41) is 4.40. The third-order valence-corrected chi connectivity index (χ3v) is 8.84. The van der Waals surface area contributed by atoms with E-state index in [0.29, 0.717) is 12.2 Å². The Hall–Kier alpha value is -2.90. The summed E-state index contributed by atoms with van der Waals surface area (Å²) in [5.41, 5.74) is 4.63. The van der Waals surface area contributed by atoms with Crippen molar-refractivity contribution in [2.24, 2.45) is 0 Å². The largest absolute Gasteiger partial charge is 0.492 e. The van der Waals surface area contributed by atoms with E-state index < -0.39 is 0 Å². The van der Waals surface area contributed by atoms with Crippen LogP contribution < -0.4 is 15.0 Å². The number of aryl methyl sites for hydroxylation is 1. The number of hydrogen-bond donors (Lipinski definition) is 1. The molecule has 3 fully saturated rings. The first-order valence-electron chi connectivity index (χ1n) is 12.5. The molecule has 0 bridgehead atoms. The number of likely N-dealkylation sites (tertiary alicyclic amines) is 1. The van der Waals surface area contributed by atoms with E-state index in [1.54, 1.807) is 0 Å². The minimum atomic E-state index is -0.350. The quantitative estimate of drug-likeness (QED) is 0.519. The Bertz CT molecular complexity index is 1300. The van der Waals surface area contributed by atoms with Gasteiger partial charge in [0.05, 0.1) is 21.3 Å². The summed E-state index contributed by atoms with van der Waals surface area (Å²) in [6.07, 6.45) is 5.97. The van der Waals surface area contributed by atoms with Gasteiger partial charge in [-0.1, -0.05) is 12.1 Å². The number of amides is 1. The number of ether oxygens (including phenoxy) is 1. The second-order valence-corrected chi connectivity index (χ2v) is 11.3. The van der Waals surface area contributed by atoms with Crippen LogP contribution in [0.2, 0.25) is 0 Å². The van der Waals surface area contributed by atoms with Crippen LogP contribution in [0.25, 0.3) is 10.9 Å². The highest BCUT2D eigenvalue weighted by atomic mass is 28.1. The topological polar surface area (TPSA) is 57.7 Å². The highest BCUT2D eigenvalue weighted by molar-refractivity contribution is 6.16. The standard InChI is InChI=1S/C28H31N4O2Si/c1-19-6-7-21(34-18-28(35)10-14-31(28)2)17-23(19)26(33)30-27(8-9-27)24-15-20(32-12-4-13-32)16-25-22(24)5-3-11-29-25/h3,5-7,11,15-17H,4,8-10,12-14,18H2,1-2H3,(H,30,33)/t28-/m1/s1. The molecule has 3 radical (unpaired) electrons. The molecule has 2 saturated heterocycles. The lowest BCUT2D eigenvalue weighted by molar-refractivity contribution is 0.0408. The molecule has 1 aromatic heterocycles. The van der Waals surface area contributed by atoms with Crippen molar-refractivity contribution in [1.29, 1.82) is 0 Å². The smallest absolute Gasteiger partial charge is 0.252 e. The number of likely N-dealkylation sites (N-methyl/N-ethyl adjacent to an activating group) is 1. The van der Waals surface area contributed by atoms with Crippen LogP contribution in [0.4, 0.5) is 5.69 Å². The molecule has 3 heterocycles. The van der Waals surface area contributed by atoms with E-state index in [1.165, 1.54) is 17.7 Å². The summed E-state index contributed by atoms with van der Waals surface area (Å²) < 4.78 is 6.09. The molecule has 35 heavy (non-hydrogen) atoms. The Morgan fingerprint density at radius 2 is 1.97 bits per heavy atom. The maximum absolute atomic E-state index is 13.6. The van der Waals surface area contributed by atoms with Crippen molar-refractivity contribution >= 4 is 32.7 Å². The van der Waals surface area contributed by atoms with E-state index in [4.69, 9.17) is 4.74 Å². The normalized spacial score (nSPS) is 22.9. The Balaban J connectivity index is 1.26. The average molecular weight is 484 g/mol. The number of carbonyl (C=O) groups excluding carboxylic acids is 1. The van der Waals surface area contributed by atoms with Crippen molar-refractivity contribution < 1.29 is 9.53 Å². The van der Waals surface area contributed by atoms with Gasteiger partial charge < -0.3 is 19.9 Å². The molecule has 3 aliphatic rings. The van der Waals surface area contributed by atoms with Gasteiger partial charge >= 0.3 is 0 Å². The van der Waals surface area contributed by atoms with E-state index in [0.717, 1.165) is 61.1 Å². The molecule has 0 unspecified atom stereocenters. The van der Waals surface area contributed by atoms with E-state index in [-0.39, 0.29) is 16.6 Å². The number of pyridine rings is 1. The molecule has 2 aliphatic heterocycles. The van der Waals surface area contributed by atoms with Crippen LogP contribution in [-0.2, 0) is 5.54 Å². The summed E-state index contributed by atoms with van der Waals surface area (Å²) in [4.78, 5) is 22.8. The molecule has 1 aliphatic carbocycles. The molecule has 1 atom stereocenters. The molecule has 1 saturated carbocycles. The van der Waals surface area contributed by atoms with Gasteiger partial charge in [0.2, 0.25) is 0 Å². The van der Waals surface area contributed by atoms with E-state index in [1.807, 2.05) is 37.4 Å². The number of carbonyl (C=O) groups is 1. The number of hydrogen-bond acceptors (Lipinski definition) is 5. The summed E-state index contributed by atoms with van der Waals surface area (Å²) in [6, 6.07) is 14.3. The molecular weight excluding hydrogens is 452 g/mol. The van der Waals surface area contributed by atoms with Crippen LogP contribution in [0.1, 0.15) is 47.2 Å². The van der Waals surface area contributed by atoms with Crippen molar-refractivity contribution in [3.8, 4) is 5.75 Å². The van der Waals surface area contributed by atoms with Gasteiger partial charge in [-0.25, -0.2) is 0 Å². The van der Waals surface area contributed by atoms with Crippen LogP contribution in [0, 0.1) is 6.92 Å². The highest BCUT2D eigenvalue weighted by Gasteiger charge is 2.47. The monoisotopic (exact) mass is 483 g/mol. The number of rotatable bonds is 7. The van der Waals surface area contributed by atoms with Gasteiger partial charge in [0.15, 0.2) is 0 Å².